The summed E-state index contributed by atoms with van der Waals surface area (Å²) < 4.78 is 19.7. The van der Waals surface area contributed by atoms with Gasteiger partial charge in [0.25, 0.3) is 5.91 Å². The molecule has 0 spiro atoms. The monoisotopic (exact) mass is 395 g/mol. The smallest absolute Gasteiger partial charge is 0.270 e. The number of pyridine rings is 2. The Kier molecular flexibility index (Phi) is 5.51. The minimum absolute atomic E-state index is 0.122. The van der Waals surface area contributed by atoms with Crippen molar-refractivity contribution in [3.63, 3.8) is 0 Å². The van der Waals surface area contributed by atoms with Crippen molar-refractivity contribution in [2.45, 2.75) is 31.9 Å². The van der Waals surface area contributed by atoms with Gasteiger partial charge in [0.1, 0.15) is 17.0 Å². The second-order valence-electron chi connectivity index (χ2n) is 7.30. The van der Waals surface area contributed by atoms with E-state index in [1.807, 2.05) is 19.1 Å². The van der Waals surface area contributed by atoms with E-state index in [1.54, 1.807) is 24.4 Å². The van der Waals surface area contributed by atoms with Crippen LogP contribution in [-0.4, -0.2) is 46.3 Å². The van der Waals surface area contributed by atoms with Crippen molar-refractivity contribution in [3.8, 4) is 0 Å². The van der Waals surface area contributed by atoms with Gasteiger partial charge in [0.15, 0.2) is 0 Å². The standard InChI is InChI=1S/C22H22FN3O3/c1-13-5-6-14(11-24-13)9-15-10-19(25-21-16(15)3-2-4-17(21)23)22(28)26-18-7-8-29-12-20(18)27/h2-6,10-11,18,20,27H,7-9,12H2,1H3,(H,26,28)/t18-,20-/m0/s1. The van der Waals surface area contributed by atoms with Gasteiger partial charge in [-0.3, -0.25) is 9.78 Å². The van der Waals surface area contributed by atoms with E-state index in [4.69, 9.17) is 4.74 Å². The van der Waals surface area contributed by atoms with Crippen molar-refractivity contribution in [1.82, 2.24) is 15.3 Å². The van der Waals surface area contributed by atoms with Gasteiger partial charge in [-0.25, -0.2) is 9.37 Å². The molecule has 0 aliphatic carbocycles. The molecule has 1 aliphatic rings. The van der Waals surface area contributed by atoms with Crippen LogP contribution in [0.2, 0.25) is 0 Å². The maximum Gasteiger partial charge on any atom is 0.270 e. The van der Waals surface area contributed by atoms with Crippen molar-refractivity contribution in [2.75, 3.05) is 13.2 Å². The molecule has 1 aromatic carbocycles. The third kappa shape index (κ3) is 4.26. The Morgan fingerprint density at radius 3 is 2.97 bits per heavy atom. The molecule has 0 radical (unpaired) electrons. The maximum atomic E-state index is 14.5. The lowest BCUT2D eigenvalue weighted by Crippen LogP contribution is -2.48. The van der Waals surface area contributed by atoms with Gasteiger partial charge in [-0.05, 0) is 49.1 Å². The summed E-state index contributed by atoms with van der Waals surface area (Å²) in [5.74, 6) is -0.920. The van der Waals surface area contributed by atoms with Crippen LogP contribution in [-0.2, 0) is 11.2 Å². The Balaban J connectivity index is 1.69. The first-order chi connectivity index (χ1) is 14.0. The van der Waals surface area contributed by atoms with Crippen LogP contribution in [0.4, 0.5) is 4.39 Å². The number of aliphatic hydroxyl groups is 1. The number of aliphatic hydroxyl groups excluding tert-OH is 1. The van der Waals surface area contributed by atoms with Crippen LogP contribution in [0, 0.1) is 12.7 Å². The molecule has 1 aliphatic heterocycles. The van der Waals surface area contributed by atoms with Gasteiger partial charge >= 0.3 is 0 Å². The molecule has 0 bridgehead atoms. The molecule has 2 atom stereocenters. The van der Waals surface area contributed by atoms with Gasteiger partial charge < -0.3 is 15.2 Å². The number of aryl methyl sites for hydroxylation is 1. The Hall–Kier alpha value is -2.90. The number of amides is 1. The van der Waals surface area contributed by atoms with Gasteiger partial charge in [0.05, 0.1) is 18.8 Å². The van der Waals surface area contributed by atoms with Crippen molar-refractivity contribution in [2.24, 2.45) is 0 Å². The van der Waals surface area contributed by atoms with E-state index in [0.717, 1.165) is 16.8 Å². The molecule has 2 N–H and O–H groups in total. The van der Waals surface area contributed by atoms with Gasteiger partial charge in [-0.1, -0.05) is 18.2 Å². The highest BCUT2D eigenvalue weighted by molar-refractivity contribution is 5.96. The minimum Gasteiger partial charge on any atom is -0.389 e. The fraction of sp³-hybridized carbons (Fsp3) is 0.318. The average molecular weight is 395 g/mol. The molecule has 29 heavy (non-hydrogen) atoms. The zero-order valence-electron chi connectivity index (χ0n) is 16.1. The van der Waals surface area contributed by atoms with Crippen LogP contribution in [0.25, 0.3) is 10.9 Å². The van der Waals surface area contributed by atoms with Crippen LogP contribution in [0.3, 0.4) is 0 Å². The topological polar surface area (TPSA) is 84.3 Å². The summed E-state index contributed by atoms with van der Waals surface area (Å²) in [6, 6.07) is 9.91. The largest absolute Gasteiger partial charge is 0.389 e. The van der Waals surface area contributed by atoms with E-state index in [9.17, 15) is 14.3 Å². The number of hydrogen-bond donors (Lipinski definition) is 2. The van der Waals surface area contributed by atoms with Crippen molar-refractivity contribution in [3.05, 3.63) is 70.9 Å². The second-order valence-corrected chi connectivity index (χ2v) is 7.30. The molecule has 1 saturated heterocycles. The number of rotatable bonds is 4. The van der Waals surface area contributed by atoms with E-state index in [1.165, 1.54) is 6.07 Å². The molecule has 150 valence electrons. The average Bonchev–Trinajstić information content (AvgIpc) is 2.72. The number of carbonyl (C=O) groups is 1. The molecular weight excluding hydrogens is 373 g/mol. The first kappa shape index (κ1) is 19.4. The van der Waals surface area contributed by atoms with Gasteiger partial charge in [0.2, 0.25) is 0 Å². The highest BCUT2D eigenvalue weighted by Crippen LogP contribution is 2.24. The summed E-state index contributed by atoms with van der Waals surface area (Å²) in [5, 5.41) is 13.5. The summed E-state index contributed by atoms with van der Waals surface area (Å²) in [6.07, 6.45) is 2.01. The van der Waals surface area contributed by atoms with E-state index < -0.39 is 23.9 Å². The lowest BCUT2D eigenvalue weighted by atomic mass is 10.00. The molecule has 6 nitrogen and oxygen atoms in total. The third-order valence-electron chi connectivity index (χ3n) is 5.12. The fourth-order valence-electron chi connectivity index (χ4n) is 3.50. The van der Waals surface area contributed by atoms with Crippen LogP contribution < -0.4 is 5.32 Å². The number of ether oxygens (including phenoxy) is 1. The highest BCUT2D eigenvalue weighted by atomic mass is 19.1. The fourth-order valence-corrected chi connectivity index (χ4v) is 3.50. The van der Waals surface area contributed by atoms with Crippen molar-refractivity contribution in [1.29, 1.82) is 0 Å². The summed E-state index contributed by atoms with van der Waals surface area (Å²) in [5.41, 5.74) is 2.94. The molecule has 2 aromatic heterocycles. The van der Waals surface area contributed by atoms with Gasteiger partial charge in [-0.15, -0.1) is 0 Å². The summed E-state index contributed by atoms with van der Waals surface area (Å²) >= 11 is 0. The summed E-state index contributed by atoms with van der Waals surface area (Å²) in [7, 11) is 0. The quantitative estimate of drug-likeness (QED) is 0.709. The summed E-state index contributed by atoms with van der Waals surface area (Å²) in [6.45, 7) is 2.55. The summed E-state index contributed by atoms with van der Waals surface area (Å²) in [4.78, 5) is 21.4. The Labute approximate surface area is 167 Å². The maximum absolute atomic E-state index is 14.5. The number of hydrogen-bond acceptors (Lipinski definition) is 5. The first-order valence-corrected chi connectivity index (χ1v) is 9.57. The number of carbonyl (C=O) groups excluding carboxylic acids is 1. The van der Waals surface area contributed by atoms with Gasteiger partial charge in [0, 0.05) is 23.9 Å². The molecule has 3 aromatic rings. The number of fused-ring (bicyclic) bond motifs is 1. The van der Waals surface area contributed by atoms with Crippen LogP contribution >= 0.6 is 0 Å². The third-order valence-corrected chi connectivity index (χ3v) is 5.12. The molecule has 4 rings (SSSR count). The molecule has 1 amide bonds. The molecule has 0 unspecified atom stereocenters. The van der Waals surface area contributed by atoms with E-state index >= 15 is 0 Å². The van der Waals surface area contributed by atoms with E-state index in [2.05, 4.69) is 15.3 Å². The molecule has 1 fully saturated rings. The first-order valence-electron chi connectivity index (χ1n) is 9.57. The molecular formula is C22H22FN3O3. The van der Waals surface area contributed by atoms with Crippen LogP contribution in [0.5, 0.6) is 0 Å². The van der Waals surface area contributed by atoms with Crippen LogP contribution in [0.1, 0.15) is 33.7 Å². The number of nitrogens with one attached hydrogen (secondary N) is 1. The SMILES string of the molecule is Cc1ccc(Cc2cc(C(=O)N[C@H]3CCOC[C@@H]3O)nc3c(F)cccc23)cn1. The number of aromatic nitrogens is 2. The van der Waals surface area contributed by atoms with Crippen molar-refractivity contribution < 1.29 is 19.0 Å². The Bertz CT molecular complexity index is 1040. The number of para-hydroxylation sites is 1. The van der Waals surface area contributed by atoms with Gasteiger partial charge in [-0.2, -0.15) is 0 Å². The number of halogens is 1. The Morgan fingerprint density at radius 2 is 2.21 bits per heavy atom. The van der Waals surface area contributed by atoms with E-state index in [-0.39, 0.29) is 17.8 Å². The Morgan fingerprint density at radius 1 is 1.34 bits per heavy atom. The normalized spacial score (nSPS) is 19.3. The minimum atomic E-state index is -0.775. The molecule has 0 saturated carbocycles. The molecule has 3 heterocycles. The zero-order valence-corrected chi connectivity index (χ0v) is 16.1. The highest BCUT2D eigenvalue weighted by Gasteiger charge is 2.26. The zero-order chi connectivity index (χ0) is 20.4. The lowest BCUT2D eigenvalue weighted by molar-refractivity contribution is -0.0261. The van der Waals surface area contributed by atoms with Crippen molar-refractivity contribution >= 4 is 16.8 Å². The molecule has 7 heteroatoms. The predicted molar refractivity (Wildman–Crippen MR) is 106 cm³/mol. The number of benzene rings is 1. The lowest BCUT2D eigenvalue weighted by Gasteiger charge is -2.28. The number of nitrogens with zero attached hydrogens (tertiary/aromatic N) is 2. The predicted octanol–water partition coefficient (Wildman–Crippen LogP) is 2.55. The van der Waals surface area contributed by atoms with E-state index in [0.29, 0.717) is 24.8 Å². The second kappa shape index (κ2) is 8.23. The van der Waals surface area contributed by atoms with Crippen LogP contribution in [0.15, 0.2) is 42.6 Å².